The van der Waals surface area contributed by atoms with E-state index in [2.05, 4.69) is 9.97 Å². The van der Waals surface area contributed by atoms with Crippen LogP contribution in [0.4, 0.5) is 11.5 Å². The van der Waals surface area contributed by atoms with Gasteiger partial charge in [0.1, 0.15) is 17.4 Å². The van der Waals surface area contributed by atoms with Crippen molar-refractivity contribution in [1.29, 1.82) is 0 Å². The summed E-state index contributed by atoms with van der Waals surface area (Å²) in [5.74, 6) is 2.07. The number of nitrogen functional groups attached to an aromatic ring is 1. The minimum Gasteiger partial charge on any atom is -0.438 e. The lowest BCUT2D eigenvalue weighted by atomic mass is 10.2. The molecule has 1 aliphatic rings. The number of benzene rings is 1. The molecule has 3 rings (SSSR count). The quantitative estimate of drug-likeness (QED) is 0.684. The van der Waals surface area contributed by atoms with Gasteiger partial charge in [-0.25, -0.2) is 4.98 Å². The molecular weight excluding hydrogens is 272 g/mol. The van der Waals surface area contributed by atoms with Crippen LogP contribution >= 0.6 is 0 Å². The molecule has 0 unspecified atom stereocenters. The monoisotopic (exact) mass is 286 g/mol. The lowest BCUT2D eigenvalue weighted by Crippen LogP contribution is -2.01. The third kappa shape index (κ3) is 2.91. The van der Waals surface area contributed by atoms with E-state index in [9.17, 15) is 10.1 Å². The van der Waals surface area contributed by atoms with E-state index in [-0.39, 0.29) is 5.69 Å². The van der Waals surface area contributed by atoms with Crippen LogP contribution in [0.25, 0.3) is 0 Å². The van der Waals surface area contributed by atoms with E-state index in [0.29, 0.717) is 29.2 Å². The standard InChI is InChI=1S/C14H14N4O3/c1-8-2-5-10(18(19)20)6-11(8)21-13-7-12(15)16-14(17-13)9-3-4-9/h2,5-7,9H,3-4H2,1H3,(H2,15,16,17). The van der Waals surface area contributed by atoms with Gasteiger partial charge < -0.3 is 10.5 Å². The molecule has 7 heteroatoms. The molecule has 0 radical (unpaired) electrons. The largest absolute Gasteiger partial charge is 0.438 e. The van der Waals surface area contributed by atoms with Crippen molar-refractivity contribution in [3.63, 3.8) is 0 Å². The Morgan fingerprint density at radius 3 is 2.76 bits per heavy atom. The maximum Gasteiger partial charge on any atom is 0.273 e. The summed E-state index contributed by atoms with van der Waals surface area (Å²) in [6.45, 7) is 1.81. The van der Waals surface area contributed by atoms with Gasteiger partial charge in [-0.3, -0.25) is 10.1 Å². The van der Waals surface area contributed by atoms with Crippen molar-refractivity contribution in [1.82, 2.24) is 9.97 Å². The van der Waals surface area contributed by atoms with Gasteiger partial charge in [0.25, 0.3) is 5.69 Å². The molecule has 1 aromatic carbocycles. The van der Waals surface area contributed by atoms with Gasteiger partial charge >= 0.3 is 0 Å². The van der Waals surface area contributed by atoms with E-state index in [1.165, 1.54) is 18.2 Å². The summed E-state index contributed by atoms with van der Waals surface area (Å²) in [6.07, 6.45) is 2.11. The second-order valence-electron chi connectivity index (χ2n) is 5.07. The Bertz CT molecular complexity index is 713. The molecule has 0 spiro atoms. The van der Waals surface area contributed by atoms with E-state index in [4.69, 9.17) is 10.5 Å². The predicted molar refractivity (Wildman–Crippen MR) is 76.3 cm³/mol. The van der Waals surface area contributed by atoms with E-state index in [1.807, 2.05) is 6.92 Å². The SMILES string of the molecule is Cc1ccc([N+](=O)[O-])cc1Oc1cc(N)nc(C2CC2)n1. The first-order valence-corrected chi connectivity index (χ1v) is 6.60. The van der Waals surface area contributed by atoms with Crippen molar-refractivity contribution in [2.45, 2.75) is 25.7 Å². The van der Waals surface area contributed by atoms with Crippen LogP contribution in [-0.4, -0.2) is 14.9 Å². The van der Waals surface area contributed by atoms with E-state index in [1.54, 1.807) is 6.07 Å². The van der Waals surface area contributed by atoms with Gasteiger partial charge in [-0.2, -0.15) is 4.98 Å². The number of nitrogens with two attached hydrogens (primary N) is 1. The molecule has 1 fully saturated rings. The predicted octanol–water partition coefficient (Wildman–Crippen LogP) is 2.95. The smallest absolute Gasteiger partial charge is 0.273 e. The number of aryl methyl sites for hydroxylation is 1. The van der Waals surface area contributed by atoms with Gasteiger partial charge in [-0.1, -0.05) is 0 Å². The number of non-ortho nitro benzene ring substituents is 1. The molecule has 0 bridgehead atoms. The highest BCUT2D eigenvalue weighted by Crippen LogP contribution is 2.39. The molecule has 1 heterocycles. The maximum absolute atomic E-state index is 10.8. The molecule has 108 valence electrons. The van der Waals surface area contributed by atoms with E-state index < -0.39 is 4.92 Å². The topological polar surface area (TPSA) is 104 Å². The lowest BCUT2D eigenvalue weighted by molar-refractivity contribution is -0.384. The molecule has 1 aromatic heterocycles. The van der Waals surface area contributed by atoms with Crippen LogP contribution in [0.15, 0.2) is 24.3 Å². The molecule has 1 aliphatic carbocycles. The number of hydrogen-bond donors (Lipinski definition) is 1. The number of nitro groups is 1. The van der Waals surface area contributed by atoms with Crippen LogP contribution in [0, 0.1) is 17.0 Å². The highest BCUT2D eigenvalue weighted by atomic mass is 16.6. The van der Waals surface area contributed by atoms with Crippen LogP contribution in [0.2, 0.25) is 0 Å². The number of aromatic nitrogens is 2. The second kappa shape index (κ2) is 5.01. The van der Waals surface area contributed by atoms with Crippen molar-refractivity contribution in [2.24, 2.45) is 0 Å². The van der Waals surface area contributed by atoms with Gasteiger partial charge in [0.2, 0.25) is 5.88 Å². The Labute approximate surface area is 120 Å². The third-order valence-corrected chi connectivity index (χ3v) is 3.28. The number of nitrogens with zero attached hydrogens (tertiary/aromatic N) is 3. The summed E-state index contributed by atoms with van der Waals surface area (Å²) >= 11 is 0. The molecule has 0 amide bonds. The minimum atomic E-state index is -0.462. The summed E-state index contributed by atoms with van der Waals surface area (Å²) in [7, 11) is 0. The highest BCUT2D eigenvalue weighted by Gasteiger charge is 2.27. The van der Waals surface area contributed by atoms with Gasteiger partial charge in [0, 0.05) is 18.1 Å². The summed E-state index contributed by atoms with van der Waals surface area (Å²) in [6, 6.07) is 5.97. The van der Waals surface area contributed by atoms with Crippen molar-refractivity contribution in [3.8, 4) is 11.6 Å². The molecule has 2 N–H and O–H groups in total. The fourth-order valence-corrected chi connectivity index (χ4v) is 1.96. The van der Waals surface area contributed by atoms with Gasteiger partial charge in [-0.05, 0) is 31.4 Å². The lowest BCUT2D eigenvalue weighted by Gasteiger charge is -2.09. The molecule has 1 saturated carbocycles. The van der Waals surface area contributed by atoms with Crippen molar-refractivity contribution in [3.05, 3.63) is 45.8 Å². The first-order valence-electron chi connectivity index (χ1n) is 6.60. The number of rotatable bonds is 4. The Balaban J connectivity index is 1.92. The molecule has 21 heavy (non-hydrogen) atoms. The Hall–Kier alpha value is -2.70. The highest BCUT2D eigenvalue weighted by molar-refractivity contribution is 5.46. The summed E-state index contributed by atoms with van der Waals surface area (Å²) < 4.78 is 5.66. The Morgan fingerprint density at radius 1 is 1.33 bits per heavy atom. The van der Waals surface area contributed by atoms with Crippen LogP contribution in [0.1, 0.15) is 30.1 Å². The fourth-order valence-electron chi connectivity index (χ4n) is 1.96. The first kappa shape index (κ1) is 13.3. The fraction of sp³-hybridized carbons (Fsp3) is 0.286. The van der Waals surface area contributed by atoms with Crippen molar-refractivity contribution in [2.75, 3.05) is 5.73 Å². The van der Waals surface area contributed by atoms with E-state index >= 15 is 0 Å². The van der Waals surface area contributed by atoms with Crippen molar-refractivity contribution < 1.29 is 9.66 Å². The Morgan fingerprint density at radius 2 is 2.10 bits per heavy atom. The van der Waals surface area contributed by atoms with E-state index in [0.717, 1.165) is 18.4 Å². The third-order valence-electron chi connectivity index (χ3n) is 3.28. The average molecular weight is 286 g/mol. The summed E-state index contributed by atoms with van der Waals surface area (Å²) in [4.78, 5) is 18.9. The zero-order chi connectivity index (χ0) is 15.0. The zero-order valence-corrected chi connectivity index (χ0v) is 11.4. The number of ether oxygens (including phenoxy) is 1. The molecule has 0 aliphatic heterocycles. The van der Waals surface area contributed by atoms with Crippen molar-refractivity contribution >= 4 is 11.5 Å². The molecule has 7 nitrogen and oxygen atoms in total. The van der Waals surface area contributed by atoms with Crippen LogP contribution in [0.3, 0.4) is 0 Å². The van der Waals surface area contributed by atoms with Gasteiger partial charge in [-0.15, -0.1) is 0 Å². The molecular formula is C14H14N4O3. The summed E-state index contributed by atoms with van der Waals surface area (Å²) in [5, 5.41) is 10.8. The summed E-state index contributed by atoms with van der Waals surface area (Å²) in [5.41, 5.74) is 6.51. The molecule has 0 saturated heterocycles. The minimum absolute atomic E-state index is 0.0277. The Kier molecular flexibility index (Phi) is 3.17. The van der Waals surface area contributed by atoms with Crippen LogP contribution < -0.4 is 10.5 Å². The zero-order valence-electron chi connectivity index (χ0n) is 11.4. The van der Waals surface area contributed by atoms with Gasteiger partial charge in [0.15, 0.2) is 0 Å². The number of hydrogen-bond acceptors (Lipinski definition) is 6. The number of anilines is 1. The maximum atomic E-state index is 10.8. The second-order valence-corrected chi connectivity index (χ2v) is 5.07. The average Bonchev–Trinajstić information content (AvgIpc) is 3.24. The molecule has 2 aromatic rings. The normalized spacial score (nSPS) is 14.0. The van der Waals surface area contributed by atoms with Crippen LogP contribution in [0.5, 0.6) is 11.6 Å². The van der Waals surface area contributed by atoms with Crippen LogP contribution in [-0.2, 0) is 0 Å². The first-order chi connectivity index (χ1) is 10.0. The molecule has 0 atom stereocenters. The van der Waals surface area contributed by atoms with Gasteiger partial charge in [0.05, 0.1) is 11.0 Å². The number of nitro benzene ring substituents is 1.